The summed E-state index contributed by atoms with van der Waals surface area (Å²) < 4.78 is 5.55. The van der Waals surface area contributed by atoms with Crippen LogP contribution < -0.4 is 10.6 Å². The van der Waals surface area contributed by atoms with Crippen LogP contribution >= 0.6 is 0 Å². The molecule has 1 aliphatic carbocycles. The van der Waals surface area contributed by atoms with Crippen LogP contribution in [0.15, 0.2) is 48.5 Å². The zero-order chi connectivity index (χ0) is 24.0. The molecule has 3 atom stereocenters. The molecule has 33 heavy (non-hydrogen) atoms. The summed E-state index contributed by atoms with van der Waals surface area (Å²) in [5, 5.41) is 14.7. The molecule has 2 aromatic rings. The zero-order valence-corrected chi connectivity index (χ0v) is 19.3. The maximum Gasteiger partial charge on any atom is 0.407 e. The first-order valence-electron chi connectivity index (χ1n) is 11.5. The standard InChI is InChI=1S/C26H32N2O5/c1-4-16(3)24(25(30)31)28-23(29)14-17(5-2)27-26(32)33-15-22-20-12-8-6-10-18(20)19-11-7-9-13-21(19)22/h6-13,16-17,22,24H,4-5,14-15H2,1-3H3,(H,27,32)(H,28,29)(H,30,31)/t16?,17-,24-/m0/s1. The molecule has 1 unspecified atom stereocenters. The number of carbonyl (C=O) groups is 3. The van der Waals surface area contributed by atoms with Crippen molar-refractivity contribution in [3.8, 4) is 11.1 Å². The number of benzene rings is 2. The molecule has 3 rings (SSSR count). The molecule has 2 aromatic carbocycles. The summed E-state index contributed by atoms with van der Waals surface area (Å²) in [5.74, 6) is -1.70. The molecule has 0 radical (unpaired) electrons. The van der Waals surface area contributed by atoms with Gasteiger partial charge in [-0.15, -0.1) is 0 Å². The number of rotatable bonds is 10. The quantitative estimate of drug-likeness (QED) is 0.498. The highest BCUT2D eigenvalue weighted by molar-refractivity contribution is 5.84. The molecule has 0 spiro atoms. The molecule has 0 heterocycles. The van der Waals surface area contributed by atoms with Gasteiger partial charge in [0.05, 0.1) is 0 Å². The Morgan fingerprint density at radius 3 is 2.03 bits per heavy atom. The van der Waals surface area contributed by atoms with Gasteiger partial charge in [0.2, 0.25) is 5.91 Å². The summed E-state index contributed by atoms with van der Waals surface area (Å²) in [6.07, 6.45) is 0.541. The number of aliphatic carboxylic acids is 1. The molecule has 3 N–H and O–H groups in total. The lowest BCUT2D eigenvalue weighted by Crippen LogP contribution is -2.47. The van der Waals surface area contributed by atoms with Crippen molar-refractivity contribution in [2.75, 3.05) is 6.61 Å². The Bertz CT molecular complexity index is 960. The van der Waals surface area contributed by atoms with Gasteiger partial charge in [0.15, 0.2) is 0 Å². The molecule has 7 nitrogen and oxygen atoms in total. The Hall–Kier alpha value is -3.35. The number of hydrogen-bond donors (Lipinski definition) is 3. The number of amides is 2. The highest BCUT2D eigenvalue weighted by Crippen LogP contribution is 2.44. The van der Waals surface area contributed by atoms with Crippen LogP contribution in [-0.2, 0) is 14.3 Å². The molecule has 1 aliphatic rings. The van der Waals surface area contributed by atoms with Crippen molar-refractivity contribution in [3.63, 3.8) is 0 Å². The van der Waals surface area contributed by atoms with Gasteiger partial charge in [0.25, 0.3) is 0 Å². The minimum Gasteiger partial charge on any atom is -0.480 e. The van der Waals surface area contributed by atoms with Gasteiger partial charge in [-0.2, -0.15) is 0 Å². The van der Waals surface area contributed by atoms with E-state index in [2.05, 4.69) is 34.9 Å². The molecular formula is C26H32N2O5. The highest BCUT2D eigenvalue weighted by atomic mass is 16.5. The number of carboxylic acids is 1. The zero-order valence-electron chi connectivity index (χ0n) is 19.3. The fraction of sp³-hybridized carbons (Fsp3) is 0.423. The van der Waals surface area contributed by atoms with Gasteiger partial charge in [0, 0.05) is 18.4 Å². The minimum absolute atomic E-state index is 0.0130. The van der Waals surface area contributed by atoms with E-state index in [9.17, 15) is 19.5 Å². The van der Waals surface area contributed by atoms with Crippen molar-refractivity contribution in [2.45, 2.75) is 58.0 Å². The van der Waals surface area contributed by atoms with Crippen molar-refractivity contribution in [3.05, 3.63) is 59.7 Å². The van der Waals surface area contributed by atoms with Crippen LogP contribution in [0.25, 0.3) is 11.1 Å². The number of carbonyl (C=O) groups excluding carboxylic acids is 2. The summed E-state index contributed by atoms with van der Waals surface area (Å²) >= 11 is 0. The topological polar surface area (TPSA) is 105 Å². The number of carboxylic acid groups (broad SMARTS) is 1. The third-order valence-corrected chi connectivity index (χ3v) is 6.39. The van der Waals surface area contributed by atoms with Crippen LogP contribution in [0.2, 0.25) is 0 Å². The van der Waals surface area contributed by atoms with Crippen molar-refractivity contribution >= 4 is 18.0 Å². The van der Waals surface area contributed by atoms with E-state index in [1.165, 1.54) is 0 Å². The molecule has 2 amide bonds. The molecular weight excluding hydrogens is 420 g/mol. The minimum atomic E-state index is -1.06. The van der Waals surface area contributed by atoms with Crippen LogP contribution in [-0.4, -0.2) is 41.8 Å². The average Bonchev–Trinajstić information content (AvgIpc) is 3.13. The summed E-state index contributed by atoms with van der Waals surface area (Å²) in [5.41, 5.74) is 4.56. The lowest BCUT2D eigenvalue weighted by molar-refractivity contribution is -0.143. The number of ether oxygens (including phenoxy) is 1. The van der Waals surface area contributed by atoms with Gasteiger partial charge in [0.1, 0.15) is 12.6 Å². The van der Waals surface area contributed by atoms with E-state index in [1.807, 2.05) is 38.1 Å². The van der Waals surface area contributed by atoms with Gasteiger partial charge in [-0.1, -0.05) is 75.7 Å². The lowest BCUT2D eigenvalue weighted by atomic mass is 9.98. The van der Waals surface area contributed by atoms with Crippen LogP contribution in [0.5, 0.6) is 0 Å². The second kappa shape index (κ2) is 11.0. The van der Waals surface area contributed by atoms with E-state index in [1.54, 1.807) is 6.92 Å². The van der Waals surface area contributed by atoms with Crippen LogP contribution in [0.1, 0.15) is 57.1 Å². The first kappa shape index (κ1) is 24.3. The van der Waals surface area contributed by atoms with E-state index in [-0.39, 0.29) is 24.9 Å². The third-order valence-electron chi connectivity index (χ3n) is 6.39. The Kier molecular flexibility index (Phi) is 8.09. The first-order valence-corrected chi connectivity index (χ1v) is 11.5. The van der Waals surface area contributed by atoms with E-state index in [4.69, 9.17) is 4.74 Å². The highest BCUT2D eigenvalue weighted by Gasteiger charge is 2.30. The maximum atomic E-state index is 12.5. The van der Waals surface area contributed by atoms with Crippen LogP contribution in [0.3, 0.4) is 0 Å². The molecule has 0 fully saturated rings. The Morgan fingerprint density at radius 1 is 0.939 bits per heavy atom. The summed E-state index contributed by atoms with van der Waals surface area (Å²) in [4.78, 5) is 36.4. The molecule has 0 saturated heterocycles. The monoisotopic (exact) mass is 452 g/mol. The van der Waals surface area contributed by atoms with Gasteiger partial charge in [-0.3, -0.25) is 4.79 Å². The van der Waals surface area contributed by atoms with E-state index in [0.29, 0.717) is 12.8 Å². The summed E-state index contributed by atoms with van der Waals surface area (Å²) in [6, 6.07) is 14.8. The van der Waals surface area contributed by atoms with Gasteiger partial charge < -0.3 is 20.5 Å². The van der Waals surface area contributed by atoms with Crippen molar-refractivity contribution in [1.29, 1.82) is 0 Å². The van der Waals surface area contributed by atoms with Gasteiger partial charge in [-0.25, -0.2) is 9.59 Å². The SMILES string of the molecule is CCC(C)[C@H](NC(=O)C[C@H](CC)NC(=O)OCC1c2ccccc2-c2ccccc21)C(=O)O. The fourth-order valence-corrected chi connectivity index (χ4v) is 4.24. The van der Waals surface area contributed by atoms with Crippen LogP contribution in [0.4, 0.5) is 4.79 Å². The largest absolute Gasteiger partial charge is 0.480 e. The number of fused-ring (bicyclic) bond motifs is 3. The first-order chi connectivity index (χ1) is 15.8. The Morgan fingerprint density at radius 2 is 1.52 bits per heavy atom. The molecule has 0 saturated carbocycles. The predicted octanol–water partition coefficient (Wildman–Crippen LogP) is 4.31. The summed E-state index contributed by atoms with van der Waals surface area (Å²) in [7, 11) is 0. The van der Waals surface area contributed by atoms with E-state index in [0.717, 1.165) is 22.3 Å². The van der Waals surface area contributed by atoms with Crippen molar-refractivity contribution in [2.24, 2.45) is 5.92 Å². The second-order valence-electron chi connectivity index (χ2n) is 8.55. The summed E-state index contributed by atoms with van der Waals surface area (Å²) in [6.45, 7) is 5.70. The normalized spacial score (nSPS) is 15.0. The molecule has 176 valence electrons. The number of hydrogen-bond acceptors (Lipinski definition) is 4. The average molecular weight is 453 g/mol. The predicted molar refractivity (Wildman–Crippen MR) is 126 cm³/mol. The molecule has 0 aliphatic heterocycles. The smallest absolute Gasteiger partial charge is 0.407 e. The van der Waals surface area contributed by atoms with Gasteiger partial charge in [-0.05, 0) is 34.6 Å². The van der Waals surface area contributed by atoms with Gasteiger partial charge >= 0.3 is 12.1 Å². The van der Waals surface area contributed by atoms with Crippen molar-refractivity contribution in [1.82, 2.24) is 10.6 Å². The van der Waals surface area contributed by atoms with Crippen LogP contribution in [0, 0.1) is 5.92 Å². The number of alkyl carbamates (subject to hydrolysis) is 1. The molecule has 0 bridgehead atoms. The lowest BCUT2D eigenvalue weighted by Gasteiger charge is -2.22. The molecule has 7 heteroatoms. The van der Waals surface area contributed by atoms with Crippen molar-refractivity contribution < 1.29 is 24.2 Å². The Balaban J connectivity index is 1.57. The molecule has 0 aromatic heterocycles. The van der Waals surface area contributed by atoms with E-state index < -0.39 is 30.1 Å². The fourth-order valence-electron chi connectivity index (χ4n) is 4.24. The maximum absolute atomic E-state index is 12.5. The second-order valence-corrected chi connectivity index (χ2v) is 8.55. The Labute approximate surface area is 194 Å². The third kappa shape index (κ3) is 5.72. The number of nitrogens with one attached hydrogen (secondary N) is 2. The van der Waals surface area contributed by atoms with E-state index >= 15 is 0 Å².